The number of aromatic nitrogens is 6. The van der Waals surface area contributed by atoms with Crippen LogP contribution in [0.15, 0.2) is 243 Å². The minimum absolute atomic E-state index is 0.304. The Bertz CT molecular complexity index is 4770. The molecule has 0 saturated heterocycles. The molecular weight excluding hydrogens is 944 g/mol. The molecule has 9 aromatic carbocycles. The SMILES string of the molecule is Fc1ccc(-c2cc(-c3c(-n4c5ccccc5c5ccccc54)c(-n4c5c(c6ccccc64)CCC=C5)nc(-n4c5ccccc5c5ccccc54)c3-n3c4ccccc4c4ccccc43)cc(-c3ccccc3)n2)cc1. The van der Waals surface area contributed by atoms with Crippen molar-refractivity contribution in [3.63, 3.8) is 0 Å². The van der Waals surface area contributed by atoms with Crippen molar-refractivity contribution in [1.82, 2.24) is 28.2 Å². The molecule has 0 aliphatic heterocycles. The predicted octanol–water partition coefficient (Wildman–Crippen LogP) is 17.8. The normalized spacial score (nSPS) is 12.6. The smallest absolute Gasteiger partial charge is 0.165 e. The quantitative estimate of drug-likeness (QED) is 0.160. The van der Waals surface area contributed by atoms with Crippen molar-refractivity contribution >= 4 is 82.4 Å². The largest absolute Gasteiger partial charge is 0.305 e. The molecule has 6 heterocycles. The maximum atomic E-state index is 15.0. The number of hydrogen-bond acceptors (Lipinski definition) is 2. The number of halogens is 1. The minimum atomic E-state index is -0.304. The molecule has 6 nitrogen and oxygen atoms in total. The van der Waals surface area contributed by atoms with Gasteiger partial charge in [0, 0.05) is 54.4 Å². The summed E-state index contributed by atoms with van der Waals surface area (Å²) < 4.78 is 24.8. The Balaban J connectivity index is 1.23. The van der Waals surface area contributed by atoms with Gasteiger partial charge in [-0.15, -0.1) is 0 Å². The van der Waals surface area contributed by atoms with Crippen molar-refractivity contribution in [2.75, 3.05) is 0 Å². The molecule has 16 rings (SSSR count). The van der Waals surface area contributed by atoms with Crippen LogP contribution in [0, 0.1) is 5.82 Å². The van der Waals surface area contributed by atoms with Crippen LogP contribution < -0.4 is 0 Å². The molecule has 0 bridgehead atoms. The number of aryl methyl sites for hydroxylation is 1. The van der Waals surface area contributed by atoms with Crippen LogP contribution in [0.4, 0.5) is 4.39 Å². The summed E-state index contributed by atoms with van der Waals surface area (Å²) in [5.41, 5.74) is 16.7. The van der Waals surface area contributed by atoms with Gasteiger partial charge in [0.15, 0.2) is 11.6 Å². The van der Waals surface area contributed by atoms with Crippen LogP contribution in [0.2, 0.25) is 0 Å². The van der Waals surface area contributed by atoms with Crippen LogP contribution in [0.5, 0.6) is 0 Å². The van der Waals surface area contributed by atoms with Gasteiger partial charge in [0.1, 0.15) is 17.2 Å². The van der Waals surface area contributed by atoms with Crippen molar-refractivity contribution in [2.24, 2.45) is 0 Å². The lowest BCUT2D eigenvalue weighted by atomic mass is 9.96. The summed E-state index contributed by atoms with van der Waals surface area (Å²) in [6, 6.07) is 83.0. The second-order valence-electron chi connectivity index (χ2n) is 20.1. The lowest BCUT2D eigenvalue weighted by Gasteiger charge is -2.27. The summed E-state index contributed by atoms with van der Waals surface area (Å²) in [5, 5.41) is 8.01. The molecule has 0 amide bonds. The number of benzene rings is 9. The number of nitrogens with zero attached hydrogens (tertiary/aromatic N) is 6. The van der Waals surface area contributed by atoms with E-state index in [2.05, 4.69) is 237 Å². The first-order chi connectivity index (χ1) is 38.2. The van der Waals surface area contributed by atoms with E-state index in [-0.39, 0.29) is 5.82 Å². The lowest BCUT2D eigenvalue weighted by molar-refractivity contribution is 0.628. The van der Waals surface area contributed by atoms with Crippen molar-refractivity contribution in [1.29, 1.82) is 0 Å². The monoisotopic (exact) mass is 988 g/mol. The number of hydrogen-bond donors (Lipinski definition) is 0. The Morgan fingerprint density at radius 1 is 0.338 bits per heavy atom. The van der Waals surface area contributed by atoms with Gasteiger partial charge in [-0.05, 0) is 109 Å². The fourth-order valence-electron chi connectivity index (χ4n) is 12.6. The highest BCUT2D eigenvalue weighted by Gasteiger charge is 2.33. The third-order valence-electron chi connectivity index (χ3n) is 15.9. The first-order valence-corrected chi connectivity index (χ1v) is 26.3. The lowest BCUT2D eigenvalue weighted by Crippen LogP contribution is -2.17. The molecule has 0 spiro atoms. The highest BCUT2D eigenvalue weighted by atomic mass is 19.1. The molecule has 0 saturated carbocycles. The third-order valence-corrected chi connectivity index (χ3v) is 15.9. The van der Waals surface area contributed by atoms with Gasteiger partial charge in [0.25, 0.3) is 0 Å². The van der Waals surface area contributed by atoms with Crippen molar-refractivity contribution in [3.8, 4) is 56.7 Å². The Kier molecular flexibility index (Phi) is 9.54. The molecule has 0 atom stereocenters. The number of allylic oxidation sites excluding steroid dienone is 1. The second-order valence-corrected chi connectivity index (χ2v) is 20.1. The van der Waals surface area contributed by atoms with E-state index in [1.165, 1.54) is 23.1 Å². The summed E-state index contributed by atoms with van der Waals surface area (Å²) in [5.74, 6) is 1.23. The first-order valence-electron chi connectivity index (χ1n) is 26.3. The van der Waals surface area contributed by atoms with Gasteiger partial charge in [-0.1, -0.05) is 164 Å². The Morgan fingerprint density at radius 3 is 1.18 bits per heavy atom. The fraction of sp³-hybridized carbons (Fsp3) is 0.0286. The topological polar surface area (TPSA) is 45.5 Å². The van der Waals surface area contributed by atoms with Gasteiger partial charge in [0.2, 0.25) is 0 Å². The molecule has 0 radical (unpaired) electrons. The van der Waals surface area contributed by atoms with Crippen molar-refractivity contribution < 1.29 is 4.39 Å². The maximum Gasteiger partial charge on any atom is 0.165 e. The average molecular weight is 989 g/mol. The summed E-state index contributed by atoms with van der Waals surface area (Å²) in [7, 11) is 0. The van der Waals surface area contributed by atoms with Crippen LogP contribution in [-0.4, -0.2) is 28.2 Å². The fourth-order valence-corrected chi connectivity index (χ4v) is 12.6. The zero-order valence-electron chi connectivity index (χ0n) is 41.6. The van der Waals surface area contributed by atoms with E-state index < -0.39 is 0 Å². The molecule has 1 aliphatic carbocycles. The van der Waals surface area contributed by atoms with Gasteiger partial charge in [-0.25, -0.2) is 14.4 Å². The van der Waals surface area contributed by atoms with E-state index in [4.69, 9.17) is 9.97 Å². The van der Waals surface area contributed by atoms with Gasteiger partial charge in [-0.3, -0.25) is 9.13 Å². The minimum Gasteiger partial charge on any atom is -0.305 e. The van der Waals surface area contributed by atoms with Gasteiger partial charge in [0.05, 0.1) is 55.7 Å². The van der Waals surface area contributed by atoms with E-state index in [0.29, 0.717) is 5.69 Å². The molecule has 362 valence electrons. The summed E-state index contributed by atoms with van der Waals surface area (Å²) in [6.07, 6.45) is 6.47. The summed E-state index contributed by atoms with van der Waals surface area (Å²) in [6.45, 7) is 0. The molecule has 0 unspecified atom stereocenters. The number of para-hydroxylation sites is 7. The predicted molar refractivity (Wildman–Crippen MR) is 316 cm³/mol. The first kappa shape index (κ1) is 43.3. The zero-order valence-corrected chi connectivity index (χ0v) is 41.6. The second kappa shape index (κ2) is 17.0. The molecule has 15 aromatic rings. The zero-order chi connectivity index (χ0) is 50.7. The standard InChI is InChI=1S/C70H45FN6/c71-47-40-38-45(39-41-47)57-43-46(42-56(72-57)44-20-2-1-3-21-44)66-67(74-58-30-12-4-22-48(58)49-23-5-13-31-59(49)74)69(76-62-34-16-8-26-52(62)53-27-9-17-35-63(53)76)73-70(77-64-36-18-10-28-54(64)55-29-11-19-37-65(55)77)68(66)75-60-32-14-6-24-50(60)51-25-7-15-33-61(51)75/h1-10,12-28,30-43H,11,29H2. The molecule has 7 heteroatoms. The van der Waals surface area contributed by atoms with Crippen LogP contribution in [-0.2, 0) is 6.42 Å². The highest BCUT2D eigenvalue weighted by molar-refractivity contribution is 6.15. The van der Waals surface area contributed by atoms with Crippen molar-refractivity contribution in [3.05, 3.63) is 260 Å². The Hall–Kier alpha value is -10.1. The summed E-state index contributed by atoms with van der Waals surface area (Å²) in [4.78, 5) is 11.9. The molecule has 1 aliphatic rings. The number of fused-ring (bicyclic) bond motifs is 12. The summed E-state index contributed by atoms with van der Waals surface area (Å²) >= 11 is 0. The van der Waals surface area contributed by atoms with E-state index in [0.717, 1.165) is 140 Å². The molecule has 77 heavy (non-hydrogen) atoms. The molecule has 0 N–H and O–H groups in total. The number of rotatable bonds is 7. The van der Waals surface area contributed by atoms with Crippen LogP contribution in [0.3, 0.4) is 0 Å². The van der Waals surface area contributed by atoms with Crippen LogP contribution >= 0.6 is 0 Å². The van der Waals surface area contributed by atoms with E-state index in [1.54, 1.807) is 0 Å². The van der Waals surface area contributed by atoms with Crippen molar-refractivity contribution in [2.45, 2.75) is 12.8 Å². The van der Waals surface area contributed by atoms with Gasteiger partial charge >= 0.3 is 0 Å². The Labute approximate surface area is 442 Å². The highest BCUT2D eigenvalue weighted by Crippen LogP contribution is 2.50. The van der Waals surface area contributed by atoms with Gasteiger partial charge < -0.3 is 9.13 Å². The molecule has 0 fully saturated rings. The molecular formula is C70H45FN6. The van der Waals surface area contributed by atoms with Gasteiger partial charge in [-0.2, -0.15) is 0 Å². The average Bonchev–Trinajstić information content (AvgIpc) is 4.41. The molecule has 6 aromatic heterocycles. The van der Waals surface area contributed by atoms with E-state index in [9.17, 15) is 4.39 Å². The van der Waals surface area contributed by atoms with Crippen LogP contribution in [0.1, 0.15) is 17.7 Å². The Morgan fingerprint density at radius 2 is 0.714 bits per heavy atom. The van der Waals surface area contributed by atoms with Crippen LogP contribution in [0.25, 0.3) is 139 Å². The van der Waals surface area contributed by atoms with E-state index in [1.807, 2.05) is 18.2 Å². The maximum absolute atomic E-state index is 15.0. The van der Waals surface area contributed by atoms with E-state index >= 15 is 0 Å². The number of pyridine rings is 2. The third kappa shape index (κ3) is 6.47.